The topological polar surface area (TPSA) is 78.9 Å². The van der Waals surface area contributed by atoms with Crippen LogP contribution in [-0.4, -0.2) is 40.9 Å². The minimum absolute atomic E-state index is 0.00418. The lowest BCUT2D eigenvalue weighted by atomic mass is 9.49. The van der Waals surface area contributed by atoms with E-state index in [1.54, 1.807) is 0 Å². The Hall–Kier alpha value is -2.44. The summed E-state index contributed by atoms with van der Waals surface area (Å²) in [6.07, 6.45) is 2.23. The van der Waals surface area contributed by atoms with Crippen LogP contribution in [0.25, 0.3) is 0 Å². The fourth-order valence-corrected chi connectivity index (χ4v) is 5.14. The van der Waals surface area contributed by atoms with E-state index in [0.717, 1.165) is 18.2 Å². The second kappa shape index (κ2) is 6.07. The van der Waals surface area contributed by atoms with Gasteiger partial charge in [-0.25, -0.2) is 18.8 Å². The molecule has 2 atom stereocenters. The van der Waals surface area contributed by atoms with E-state index in [1.165, 1.54) is 0 Å². The maximum absolute atomic E-state index is 15.6. The second-order valence-corrected chi connectivity index (χ2v) is 7.38. The number of hydrogen-bond acceptors (Lipinski definition) is 6. The minimum atomic E-state index is -1.74. The van der Waals surface area contributed by atoms with Crippen LogP contribution in [0, 0.1) is 5.92 Å². The fraction of sp³-hybridized carbons (Fsp3) is 0.526. The summed E-state index contributed by atoms with van der Waals surface area (Å²) in [6, 6.07) is 0. The van der Waals surface area contributed by atoms with Crippen molar-refractivity contribution in [1.82, 2.24) is 0 Å². The highest BCUT2D eigenvalue weighted by atomic mass is 19.1. The molecule has 0 amide bonds. The number of halogens is 1. The lowest BCUT2D eigenvalue weighted by Gasteiger charge is -2.64. The summed E-state index contributed by atoms with van der Waals surface area (Å²) < 4.78 is 32.0. The molecular weight excluding hydrogens is 343 g/mol. The molecular formula is C19H21FO6. The van der Waals surface area contributed by atoms with Gasteiger partial charge in [-0.05, 0) is 25.2 Å². The van der Waals surface area contributed by atoms with Gasteiger partial charge in [0.05, 0.1) is 0 Å². The molecule has 4 fully saturated rings. The molecule has 4 saturated carbocycles. The Morgan fingerprint density at radius 1 is 0.808 bits per heavy atom. The zero-order chi connectivity index (χ0) is 19.2. The molecule has 0 radical (unpaired) electrons. The molecule has 6 nitrogen and oxygen atoms in total. The molecule has 4 bridgehead atoms. The first kappa shape index (κ1) is 18.4. The van der Waals surface area contributed by atoms with Crippen LogP contribution in [0.5, 0.6) is 0 Å². The van der Waals surface area contributed by atoms with Gasteiger partial charge in [-0.1, -0.05) is 19.7 Å². The lowest BCUT2D eigenvalue weighted by molar-refractivity contribution is -0.298. The fourth-order valence-electron chi connectivity index (χ4n) is 5.14. The maximum atomic E-state index is 15.6. The van der Waals surface area contributed by atoms with E-state index in [0.29, 0.717) is 6.42 Å². The number of hydrogen-bond donors (Lipinski definition) is 0. The third-order valence-electron chi connectivity index (χ3n) is 5.52. The van der Waals surface area contributed by atoms with Crippen molar-refractivity contribution in [3.63, 3.8) is 0 Å². The van der Waals surface area contributed by atoms with Gasteiger partial charge in [-0.15, -0.1) is 0 Å². The summed E-state index contributed by atoms with van der Waals surface area (Å²) in [4.78, 5) is 35.6. The predicted molar refractivity (Wildman–Crippen MR) is 88.5 cm³/mol. The van der Waals surface area contributed by atoms with Crippen LogP contribution < -0.4 is 0 Å². The monoisotopic (exact) mass is 364 g/mol. The molecule has 0 heterocycles. The normalized spacial score (nSPS) is 39.6. The highest BCUT2D eigenvalue weighted by Gasteiger charge is 2.74. The Kier molecular flexibility index (Phi) is 4.29. The van der Waals surface area contributed by atoms with Gasteiger partial charge >= 0.3 is 17.9 Å². The predicted octanol–water partition coefficient (Wildman–Crippen LogP) is 2.34. The third kappa shape index (κ3) is 2.75. The van der Waals surface area contributed by atoms with Crippen molar-refractivity contribution in [3.05, 3.63) is 38.0 Å². The largest absolute Gasteiger partial charge is 0.456 e. The first-order valence-corrected chi connectivity index (χ1v) is 8.42. The molecule has 2 unspecified atom stereocenters. The van der Waals surface area contributed by atoms with Crippen LogP contribution >= 0.6 is 0 Å². The average Bonchev–Trinajstić information content (AvgIpc) is 2.58. The van der Waals surface area contributed by atoms with Gasteiger partial charge in [0.1, 0.15) is 5.60 Å². The summed E-state index contributed by atoms with van der Waals surface area (Å²) in [5.41, 5.74) is -4.15. The first-order valence-electron chi connectivity index (χ1n) is 8.42. The van der Waals surface area contributed by atoms with Gasteiger partial charge in [0.15, 0.2) is 17.4 Å². The van der Waals surface area contributed by atoms with Crippen molar-refractivity contribution in [3.8, 4) is 0 Å². The molecule has 0 aromatic rings. The lowest BCUT2D eigenvalue weighted by Crippen LogP contribution is -2.75. The van der Waals surface area contributed by atoms with Crippen molar-refractivity contribution in [2.24, 2.45) is 5.92 Å². The molecule has 26 heavy (non-hydrogen) atoms. The van der Waals surface area contributed by atoms with E-state index in [2.05, 4.69) is 19.7 Å². The number of esters is 3. The zero-order valence-corrected chi connectivity index (χ0v) is 14.4. The second-order valence-electron chi connectivity index (χ2n) is 7.38. The molecule has 0 saturated heterocycles. The third-order valence-corrected chi connectivity index (χ3v) is 5.52. The summed E-state index contributed by atoms with van der Waals surface area (Å²) in [5.74, 6) is -2.33. The molecule has 0 aromatic carbocycles. The number of rotatable bonds is 6. The summed E-state index contributed by atoms with van der Waals surface area (Å²) >= 11 is 0. The number of carbonyl (C=O) groups is 3. The van der Waals surface area contributed by atoms with Gasteiger partial charge in [-0.2, -0.15) is 0 Å². The van der Waals surface area contributed by atoms with Gasteiger partial charge < -0.3 is 14.2 Å². The highest BCUT2D eigenvalue weighted by Crippen LogP contribution is 2.64. The SMILES string of the molecule is C=CC(=O)OC12CC3CC(OC(=O)C=C)(C1)C(F)C(OC(=O)C=C)(C3)C2. The van der Waals surface area contributed by atoms with Gasteiger partial charge in [-0.3, -0.25) is 0 Å². The standard InChI is InChI=1S/C19H21FO6/c1-4-13(21)24-17-7-12-8-18(10-17,25-14(22)5-2)16(20)19(9-12,11-17)26-15(23)6-3/h4-6,12,16H,1-3,7-11H2. The zero-order valence-electron chi connectivity index (χ0n) is 14.4. The highest BCUT2D eigenvalue weighted by molar-refractivity contribution is 5.83. The number of carbonyl (C=O) groups excluding carboxylic acids is 3. The summed E-state index contributed by atoms with van der Waals surface area (Å²) in [6.45, 7) is 10.1. The van der Waals surface area contributed by atoms with E-state index in [9.17, 15) is 14.4 Å². The molecule has 0 N–H and O–H groups in total. The molecule has 4 aliphatic rings. The quantitative estimate of drug-likeness (QED) is 0.409. The molecule has 0 aliphatic heterocycles. The van der Waals surface area contributed by atoms with Gasteiger partial charge in [0.2, 0.25) is 0 Å². The molecule has 7 heteroatoms. The van der Waals surface area contributed by atoms with Crippen LogP contribution in [0.15, 0.2) is 38.0 Å². The Bertz CT molecular complexity index is 658. The molecule has 140 valence electrons. The van der Waals surface area contributed by atoms with Crippen LogP contribution in [0.1, 0.15) is 32.1 Å². The molecule has 0 spiro atoms. The Labute approximate surface area is 150 Å². The van der Waals surface area contributed by atoms with Crippen LogP contribution in [-0.2, 0) is 28.6 Å². The Morgan fingerprint density at radius 3 is 1.65 bits per heavy atom. The van der Waals surface area contributed by atoms with Crippen molar-refractivity contribution in [1.29, 1.82) is 0 Å². The van der Waals surface area contributed by atoms with E-state index >= 15 is 4.39 Å². The maximum Gasteiger partial charge on any atom is 0.330 e. The van der Waals surface area contributed by atoms with Gasteiger partial charge in [0, 0.05) is 31.1 Å². The molecule has 4 aliphatic carbocycles. The van der Waals surface area contributed by atoms with E-state index in [4.69, 9.17) is 14.2 Å². The van der Waals surface area contributed by atoms with Crippen molar-refractivity contribution in [2.75, 3.05) is 0 Å². The van der Waals surface area contributed by atoms with Gasteiger partial charge in [0.25, 0.3) is 0 Å². The average molecular weight is 364 g/mol. The Morgan fingerprint density at radius 2 is 1.23 bits per heavy atom. The summed E-state index contributed by atoms with van der Waals surface area (Å²) in [5, 5.41) is 0. The first-order chi connectivity index (χ1) is 12.2. The number of alkyl halides is 1. The van der Waals surface area contributed by atoms with Crippen molar-refractivity contribution >= 4 is 17.9 Å². The molecule has 0 aromatic heterocycles. The van der Waals surface area contributed by atoms with E-state index < -0.39 is 40.9 Å². The van der Waals surface area contributed by atoms with Crippen LogP contribution in [0.2, 0.25) is 0 Å². The Balaban J connectivity index is 2.04. The van der Waals surface area contributed by atoms with E-state index in [1.807, 2.05) is 0 Å². The van der Waals surface area contributed by atoms with Crippen LogP contribution in [0.3, 0.4) is 0 Å². The van der Waals surface area contributed by atoms with Crippen molar-refractivity contribution < 1.29 is 33.0 Å². The van der Waals surface area contributed by atoms with Crippen LogP contribution in [0.4, 0.5) is 4.39 Å². The summed E-state index contributed by atoms with van der Waals surface area (Å²) in [7, 11) is 0. The number of ether oxygens (including phenoxy) is 3. The van der Waals surface area contributed by atoms with E-state index in [-0.39, 0.29) is 31.6 Å². The molecule has 4 rings (SSSR count). The minimum Gasteiger partial charge on any atom is -0.456 e. The van der Waals surface area contributed by atoms with Crippen molar-refractivity contribution in [2.45, 2.75) is 55.1 Å². The smallest absolute Gasteiger partial charge is 0.330 e.